The van der Waals surface area contributed by atoms with Gasteiger partial charge in [0.2, 0.25) is 11.1 Å². The highest BCUT2D eigenvalue weighted by molar-refractivity contribution is 7.99. The number of hydrogen-bond donors (Lipinski definition) is 2. The molecule has 1 aliphatic rings. The lowest BCUT2D eigenvalue weighted by Crippen LogP contribution is -2.32. The van der Waals surface area contributed by atoms with Crippen molar-refractivity contribution in [3.63, 3.8) is 0 Å². The van der Waals surface area contributed by atoms with Gasteiger partial charge in [0.25, 0.3) is 5.56 Å². The quantitative estimate of drug-likeness (QED) is 0.594. The number of anilines is 2. The molecular weight excluding hydrogens is 364 g/mol. The molecule has 1 aromatic heterocycles. The van der Waals surface area contributed by atoms with Crippen LogP contribution in [0.15, 0.2) is 34.2 Å². The van der Waals surface area contributed by atoms with Crippen LogP contribution in [0.25, 0.3) is 0 Å². The van der Waals surface area contributed by atoms with Gasteiger partial charge in [-0.1, -0.05) is 24.6 Å². The molecule has 1 aliphatic heterocycles. The van der Waals surface area contributed by atoms with Gasteiger partial charge in [-0.15, -0.1) is 10.2 Å². The number of aryl methyl sites for hydroxylation is 1. The van der Waals surface area contributed by atoms with Crippen molar-refractivity contribution < 1.29 is 4.79 Å². The zero-order chi connectivity index (χ0) is 19.2. The van der Waals surface area contributed by atoms with Crippen LogP contribution in [0, 0.1) is 6.92 Å². The summed E-state index contributed by atoms with van der Waals surface area (Å²) in [6.45, 7) is 3.70. The molecule has 9 heteroatoms. The summed E-state index contributed by atoms with van der Waals surface area (Å²) < 4.78 is 0.913. The molecule has 144 valence electrons. The van der Waals surface area contributed by atoms with Gasteiger partial charge in [0.1, 0.15) is 5.69 Å². The Morgan fingerprint density at radius 2 is 1.81 bits per heavy atom. The molecule has 0 aliphatic carbocycles. The highest BCUT2D eigenvalue weighted by Gasteiger charge is 2.12. The van der Waals surface area contributed by atoms with E-state index in [4.69, 9.17) is 5.84 Å². The smallest absolute Gasteiger partial charge is 0.294 e. The average Bonchev–Trinajstić information content (AvgIpc) is 2.96. The zero-order valence-electron chi connectivity index (χ0n) is 15.4. The first-order valence-electron chi connectivity index (χ1n) is 9.03. The molecule has 8 nitrogen and oxygen atoms in total. The first-order valence-corrected chi connectivity index (χ1v) is 10.0. The molecule has 3 N–H and O–H groups in total. The average molecular weight is 388 g/mol. The summed E-state index contributed by atoms with van der Waals surface area (Å²) in [6.07, 6.45) is 5.04. The lowest BCUT2D eigenvalue weighted by atomic mass is 10.2. The Bertz CT molecular complexity index is 844. The molecule has 1 amide bonds. The van der Waals surface area contributed by atoms with Crippen LogP contribution in [0.2, 0.25) is 0 Å². The largest absolute Gasteiger partial charge is 0.372 e. The van der Waals surface area contributed by atoms with Crippen LogP contribution in [0.1, 0.15) is 31.4 Å². The van der Waals surface area contributed by atoms with Gasteiger partial charge in [0, 0.05) is 24.5 Å². The van der Waals surface area contributed by atoms with Crippen molar-refractivity contribution >= 4 is 29.0 Å². The van der Waals surface area contributed by atoms with Crippen molar-refractivity contribution in [1.29, 1.82) is 0 Å². The normalized spacial score (nSPS) is 14.6. The zero-order valence-corrected chi connectivity index (χ0v) is 16.2. The van der Waals surface area contributed by atoms with E-state index in [1.165, 1.54) is 38.3 Å². The van der Waals surface area contributed by atoms with Crippen LogP contribution >= 0.6 is 11.8 Å². The highest BCUT2D eigenvalue weighted by atomic mass is 32.2. The summed E-state index contributed by atoms with van der Waals surface area (Å²) in [4.78, 5) is 26.3. The Balaban J connectivity index is 1.55. The van der Waals surface area contributed by atoms with Gasteiger partial charge >= 0.3 is 0 Å². The van der Waals surface area contributed by atoms with E-state index in [9.17, 15) is 9.59 Å². The molecule has 0 unspecified atom stereocenters. The fourth-order valence-electron chi connectivity index (χ4n) is 2.98. The summed E-state index contributed by atoms with van der Waals surface area (Å²) in [5.74, 6) is 5.55. The molecule has 2 aromatic rings. The number of carbonyl (C=O) groups excluding carboxylic acids is 1. The molecule has 0 bridgehead atoms. The van der Waals surface area contributed by atoms with Gasteiger partial charge in [0.05, 0.1) is 5.75 Å². The molecule has 1 aromatic carbocycles. The van der Waals surface area contributed by atoms with Crippen LogP contribution < -0.4 is 21.6 Å². The maximum Gasteiger partial charge on any atom is 0.294 e. The summed E-state index contributed by atoms with van der Waals surface area (Å²) in [5, 5.41) is 10.6. The SMILES string of the molecule is Cc1nnc(SCC(=O)Nc2ccc(N3CCCCCC3)cc2)n(N)c1=O. The van der Waals surface area contributed by atoms with Gasteiger partial charge in [-0.25, -0.2) is 0 Å². The van der Waals surface area contributed by atoms with Crippen molar-refractivity contribution in [2.75, 3.05) is 34.9 Å². The fourth-order valence-corrected chi connectivity index (χ4v) is 3.63. The highest BCUT2D eigenvalue weighted by Crippen LogP contribution is 2.22. The van der Waals surface area contributed by atoms with E-state index in [1.807, 2.05) is 24.3 Å². The van der Waals surface area contributed by atoms with Gasteiger partial charge < -0.3 is 16.1 Å². The number of thioether (sulfide) groups is 1. The third-order valence-corrected chi connectivity index (χ3v) is 5.42. The molecule has 2 heterocycles. The van der Waals surface area contributed by atoms with Gasteiger partial charge in [-0.05, 0) is 44.0 Å². The molecule has 0 radical (unpaired) electrons. The van der Waals surface area contributed by atoms with E-state index in [0.717, 1.165) is 35.2 Å². The van der Waals surface area contributed by atoms with Crippen molar-refractivity contribution in [3.05, 3.63) is 40.3 Å². The topological polar surface area (TPSA) is 106 Å². The van der Waals surface area contributed by atoms with Crippen LogP contribution in [0.5, 0.6) is 0 Å². The van der Waals surface area contributed by atoms with Crippen LogP contribution in [0.4, 0.5) is 11.4 Å². The van der Waals surface area contributed by atoms with Gasteiger partial charge in [-0.2, -0.15) is 4.68 Å². The van der Waals surface area contributed by atoms with E-state index in [0.29, 0.717) is 0 Å². The van der Waals surface area contributed by atoms with Crippen molar-refractivity contribution in [2.24, 2.45) is 0 Å². The minimum absolute atomic E-state index is 0.0856. The van der Waals surface area contributed by atoms with Crippen LogP contribution in [0.3, 0.4) is 0 Å². The maximum absolute atomic E-state index is 12.2. The van der Waals surface area contributed by atoms with Crippen molar-refractivity contribution in [2.45, 2.75) is 37.8 Å². The van der Waals surface area contributed by atoms with Crippen molar-refractivity contribution in [1.82, 2.24) is 14.9 Å². The number of nitrogens with zero attached hydrogens (tertiary/aromatic N) is 4. The molecule has 0 spiro atoms. The standard InChI is InChI=1S/C18H24N6O2S/c1-13-17(26)24(19)18(22-21-13)27-12-16(25)20-14-6-8-15(9-7-14)23-10-4-2-3-5-11-23/h6-9H,2-5,10-12,19H2,1H3,(H,20,25). The predicted molar refractivity (Wildman–Crippen MR) is 108 cm³/mol. The van der Waals surface area contributed by atoms with Gasteiger partial charge in [-0.3, -0.25) is 9.59 Å². The second kappa shape index (κ2) is 8.90. The Morgan fingerprint density at radius 3 is 2.48 bits per heavy atom. The number of aromatic nitrogens is 3. The predicted octanol–water partition coefficient (Wildman–Crippen LogP) is 1.77. The number of benzene rings is 1. The van der Waals surface area contributed by atoms with Crippen LogP contribution in [-0.2, 0) is 4.79 Å². The second-order valence-corrected chi connectivity index (χ2v) is 7.47. The number of carbonyl (C=O) groups is 1. The summed E-state index contributed by atoms with van der Waals surface area (Å²) >= 11 is 1.07. The Hall–Kier alpha value is -2.55. The van der Waals surface area contributed by atoms with Crippen LogP contribution in [-0.4, -0.2) is 39.6 Å². The first-order chi connectivity index (χ1) is 13.0. The Kier molecular flexibility index (Phi) is 6.33. The molecule has 1 fully saturated rings. The lowest BCUT2D eigenvalue weighted by molar-refractivity contribution is -0.113. The summed E-state index contributed by atoms with van der Waals surface area (Å²) in [7, 11) is 0. The molecule has 27 heavy (non-hydrogen) atoms. The van der Waals surface area contributed by atoms with E-state index in [-0.39, 0.29) is 22.5 Å². The van der Waals surface area contributed by atoms with E-state index < -0.39 is 5.56 Å². The third-order valence-electron chi connectivity index (χ3n) is 4.47. The van der Waals surface area contributed by atoms with Gasteiger partial charge in [0.15, 0.2) is 0 Å². The molecule has 0 atom stereocenters. The number of nitrogens with two attached hydrogens (primary N) is 1. The molecular formula is C18H24N6O2S. The number of nitrogens with one attached hydrogen (secondary N) is 1. The lowest BCUT2D eigenvalue weighted by Gasteiger charge is -2.22. The van der Waals surface area contributed by atoms with E-state index >= 15 is 0 Å². The first kappa shape index (κ1) is 19.2. The second-order valence-electron chi connectivity index (χ2n) is 6.53. The minimum atomic E-state index is -0.419. The Labute approximate surface area is 162 Å². The Morgan fingerprint density at radius 1 is 1.15 bits per heavy atom. The summed E-state index contributed by atoms with van der Waals surface area (Å²) in [5.41, 5.74) is 1.72. The fraction of sp³-hybridized carbons (Fsp3) is 0.444. The number of hydrogen-bond acceptors (Lipinski definition) is 7. The maximum atomic E-state index is 12.2. The molecule has 1 saturated heterocycles. The monoisotopic (exact) mass is 388 g/mol. The van der Waals surface area contributed by atoms with E-state index in [1.54, 1.807) is 0 Å². The molecule has 0 saturated carbocycles. The summed E-state index contributed by atoms with van der Waals surface area (Å²) in [6, 6.07) is 7.90. The number of nitrogen functional groups attached to an aromatic ring is 1. The number of rotatable bonds is 5. The third kappa shape index (κ3) is 5.00. The van der Waals surface area contributed by atoms with E-state index in [2.05, 4.69) is 20.4 Å². The minimum Gasteiger partial charge on any atom is -0.372 e. The van der Waals surface area contributed by atoms with Crippen molar-refractivity contribution in [3.8, 4) is 0 Å². The number of amides is 1. The molecule has 3 rings (SSSR count).